The molecule has 0 aliphatic carbocycles. The maximum atomic E-state index is 4.74. The van der Waals surface area contributed by atoms with Crippen molar-refractivity contribution in [2.45, 2.75) is 5.41 Å². The highest BCUT2D eigenvalue weighted by Crippen LogP contribution is 2.36. The summed E-state index contributed by atoms with van der Waals surface area (Å²) in [6, 6.07) is 28.8. The molecule has 2 heteroatoms. The third-order valence-corrected chi connectivity index (χ3v) is 4.20. The van der Waals surface area contributed by atoms with Crippen molar-refractivity contribution >= 4 is 23.8 Å². The summed E-state index contributed by atoms with van der Waals surface area (Å²) in [4.78, 5) is 9.49. The molecule has 0 unspecified atom stereocenters. The van der Waals surface area contributed by atoms with Gasteiger partial charge in [0, 0.05) is 12.4 Å². The normalized spacial score (nSPS) is 15.0. The summed E-state index contributed by atoms with van der Waals surface area (Å²) in [6.45, 7) is 0. The van der Waals surface area contributed by atoms with Crippen LogP contribution < -0.4 is 0 Å². The lowest BCUT2D eigenvalue weighted by molar-refractivity contribution is 0.965. The molecule has 3 aromatic rings. The molecule has 2 nitrogen and oxygen atoms in total. The highest BCUT2D eigenvalue weighted by atomic mass is 14.9. The van der Waals surface area contributed by atoms with Crippen molar-refractivity contribution in [3.63, 3.8) is 0 Å². The number of rotatable bonds is 2. The zero-order chi connectivity index (χ0) is 15.5. The summed E-state index contributed by atoms with van der Waals surface area (Å²) < 4.78 is 0. The Labute approximate surface area is 135 Å². The molecule has 0 N–H and O–H groups in total. The fraction of sp³-hybridized carbons (Fsp3) is 0.0476. The van der Waals surface area contributed by atoms with E-state index in [-0.39, 0.29) is 0 Å². The van der Waals surface area contributed by atoms with Crippen molar-refractivity contribution in [3.8, 4) is 0 Å². The first kappa shape index (κ1) is 13.6. The average Bonchev–Trinajstić information content (AvgIpc) is 2.84. The van der Waals surface area contributed by atoms with E-state index in [2.05, 4.69) is 48.5 Å². The second-order valence-corrected chi connectivity index (χ2v) is 5.61. The van der Waals surface area contributed by atoms with E-state index >= 15 is 0 Å². The zero-order valence-corrected chi connectivity index (χ0v) is 12.6. The first-order valence-electron chi connectivity index (χ1n) is 7.69. The lowest BCUT2D eigenvalue weighted by Crippen LogP contribution is -2.31. The van der Waals surface area contributed by atoms with Gasteiger partial charge in [-0.1, -0.05) is 72.8 Å². The quantitative estimate of drug-likeness (QED) is 0.629. The predicted octanol–water partition coefficient (Wildman–Crippen LogP) is 5.09. The molecule has 0 fully saturated rings. The molecule has 23 heavy (non-hydrogen) atoms. The third kappa shape index (κ3) is 2.38. The molecule has 0 bridgehead atoms. The summed E-state index contributed by atoms with van der Waals surface area (Å²) >= 11 is 0. The van der Waals surface area contributed by atoms with Crippen LogP contribution in [0, 0.1) is 0 Å². The molecule has 1 aliphatic heterocycles. The number of aliphatic imine (C=N–C) groups is 2. The van der Waals surface area contributed by atoms with Crippen LogP contribution >= 0.6 is 0 Å². The molecule has 1 aliphatic rings. The number of hydrogen-bond acceptors (Lipinski definition) is 2. The molecule has 4 rings (SSSR count). The molecule has 0 aromatic heterocycles. The summed E-state index contributed by atoms with van der Waals surface area (Å²) in [5, 5.41) is 0. The fourth-order valence-electron chi connectivity index (χ4n) is 2.95. The van der Waals surface area contributed by atoms with Crippen molar-refractivity contribution < 1.29 is 0 Å². The monoisotopic (exact) mass is 296 g/mol. The van der Waals surface area contributed by atoms with Gasteiger partial charge in [-0.3, -0.25) is 9.98 Å². The van der Waals surface area contributed by atoms with Gasteiger partial charge >= 0.3 is 0 Å². The number of para-hydroxylation sites is 2. The summed E-state index contributed by atoms with van der Waals surface area (Å²) in [5.41, 5.74) is 3.66. The zero-order valence-electron chi connectivity index (χ0n) is 12.6. The molecule has 0 amide bonds. The Morgan fingerprint density at radius 1 is 0.478 bits per heavy atom. The first-order valence-corrected chi connectivity index (χ1v) is 7.69. The van der Waals surface area contributed by atoms with Crippen LogP contribution in [-0.4, -0.2) is 12.4 Å². The maximum absolute atomic E-state index is 4.74. The fourth-order valence-corrected chi connectivity index (χ4v) is 2.95. The Morgan fingerprint density at radius 2 is 0.870 bits per heavy atom. The van der Waals surface area contributed by atoms with E-state index in [4.69, 9.17) is 9.98 Å². The summed E-state index contributed by atoms with van der Waals surface area (Å²) in [6.07, 6.45) is 4.01. The van der Waals surface area contributed by atoms with Gasteiger partial charge in [0.15, 0.2) is 0 Å². The van der Waals surface area contributed by atoms with Crippen molar-refractivity contribution in [1.82, 2.24) is 0 Å². The van der Waals surface area contributed by atoms with Crippen molar-refractivity contribution in [1.29, 1.82) is 0 Å². The van der Waals surface area contributed by atoms with E-state index < -0.39 is 5.41 Å². The van der Waals surface area contributed by atoms with E-state index in [1.54, 1.807) is 0 Å². The van der Waals surface area contributed by atoms with Crippen LogP contribution in [0.15, 0.2) is 94.9 Å². The summed E-state index contributed by atoms with van der Waals surface area (Å²) in [7, 11) is 0. The van der Waals surface area contributed by atoms with Crippen molar-refractivity contribution in [2.24, 2.45) is 9.98 Å². The van der Waals surface area contributed by atoms with Gasteiger partial charge in [0.2, 0.25) is 0 Å². The number of nitrogens with zero attached hydrogens (tertiary/aromatic N) is 2. The number of benzene rings is 3. The minimum Gasteiger partial charge on any atom is -0.257 e. The highest BCUT2D eigenvalue weighted by molar-refractivity contribution is 6.04. The molecule has 0 spiro atoms. The van der Waals surface area contributed by atoms with Crippen LogP contribution in [0.2, 0.25) is 0 Å². The molecule has 0 saturated heterocycles. The minimum atomic E-state index is -0.457. The topological polar surface area (TPSA) is 24.7 Å². The Kier molecular flexibility index (Phi) is 3.35. The van der Waals surface area contributed by atoms with Crippen LogP contribution in [0.5, 0.6) is 0 Å². The SMILES string of the molecule is C1=Nc2ccccc2N=CC1(c1ccccc1)c1ccccc1. The number of fused-ring (bicyclic) bond motifs is 1. The maximum Gasteiger partial charge on any atom is 0.0907 e. The van der Waals surface area contributed by atoms with E-state index in [1.165, 1.54) is 0 Å². The van der Waals surface area contributed by atoms with Gasteiger partial charge in [-0.2, -0.15) is 0 Å². The van der Waals surface area contributed by atoms with Gasteiger partial charge in [-0.05, 0) is 23.3 Å². The standard InChI is InChI=1S/C21H16N2/c1-3-9-17(10-4-1)21(18-11-5-2-6-12-18)15-22-19-13-7-8-14-20(19)23-16-21/h1-16H. The first-order chi connectivity index (χ1) is 11.4. The molecule has 0 radical (unpaired) electrons. The van der Waals surface area contributed by atoms with Crippen LogP contribution in [0.4, 0.5) is 11.4 Å². The minimum absolute atomic E-state index is 0.457. The van der Waals surface area contributed by atoms with E-state index in [0.717, 1.165) is 22.5 Å². The molecule has 3 aromatic carbocycles. The Balaban J connectivity index is 1.96. The average molecular weight is 296 g/mol. The van der Waals surface area contributed by atoms with Crippen LogP contribution in [-0.2, 0) is 5.41 Å². The molecule has 1 heterocycles. The third-order valence-electron chi connectivity index (χ3n) is 4.20. The van der Waals surface area contributed by atoms with Gasteiger partial charge in [-0.15, -0.1) is 0 Å². The van der Waals surface area contributed by atoms with Crippen molar-refractivity contribution in [2.75, 3.05) is 0 Å². The molecular formula is C21H16N2. The smallest absolute Gasteiger partial charge is 0.0907 e. The second kappa shape index (κ2) is 5.65. The van der Waals surface area contributed by atoms with Crippen molar-refractivity contribution in [3.05, 3.63) is 96.1 Å². The molecule has 110 valence electrons. The molecular weight excluding hydrogens is 280 g/mol. The second-order valence-electron chi connectivity index (χ2n) is 5.61. The Bertz CT molecular complexity index is 790. The highest BCUT2D eigenvalue weighted by Gasteiger charge is 2.32. The Morgan fingerprint density at radius 3 is 1.30 bits per heavy atom. The van der Waals surface area contributed by atoms with E-state index in [9.17, 15) is 0 Å². The van der Waals surface area contributed by atoms with E-state index in [1.807, 2.05) is 48.8 Å². The van der Waals surface area contributed by atoms with Gasteiger partial charge < -0.3 is 0 Å². The van der Waals surface area contributed by atoms with E-state index in [0.29, 0.717) is 0 Å². The lowest BCUT2D eigenvalue weighted by Gasteiger charge is -2.26. The van der Waals surface area contributed by atoms with Gasteiger partial charge in [-0.25, -0.2) is 0 Å². The van der Waals surface area contributed by atoms with Crippen LogP contribution in [0.1, 0.15) is 11.1 Å². The van der Waals surface area contributed by atoms with Crippen LogP contribution in [0.25, 0.3) is 0 Å². The molecule has 0 saturated carbocycles. The van der Waals surface area contributed by atoms with Gasteiger partial charge in [0.25, 0.3) is 0 Å². The van der Waals surface area contributed by atoms with Gasteiger partial charge in [0.05, 0.1) is 16.8 Å². The molecule has 0 atom stereocenters. The predicted molar refractivity (Wildman–Crippen MR) is 96.4 cm³/mol. The summed E-state index contributed by atoms with van der Waals surface area (Å²) in [5.74, 6) is 0. The lowest BCUT2D eigenvalue weighted by atomic mass is 9.76. The van der Waals surface area contributed by atoms with Crippen LogP contribution in [0.3, 0.4) is 0 Å². The Hall–Kier alpha value is -3.00. The number of hydrogen-bond donors (Lipinski definition) is 0. The largest absolute Gasteiger partial charge is 0.257 e. The van der Waals surface area contributed by atoms with Gasteiger partial charge in [0.1, 0.15) is 0 Å².